The van der Waals surface area contributed by atoms with Crippen molar-refractivity contribution in [2.24, 2.45) is 5.92 Å². The highest BCUT2D eigenvalue weighted by molar-refractivity contribution is 6.33. The van der Waals surface area contributed by atoms with Crippen molar-refractivity contribution in [1.29, 1.82) is 0 Å². The molecule has 1 aromatic carbocycles. The molecular weight excluding hydrogens is 291 g/mol. The van der Waals surface area contributed by atoms with Crippen LogP contribution < -0.4 is 5.32 Å². The highest BCUT2D eigenvalue weighted by Crippen LogP contribution is 2.20. The Hall–Kier alpha value is -1.13. The van der Waals surface area contributed by atoms with Gasteiger partial charge in [-0.05, 0) is 43.5 Å². The van der Waals surface area contributed by atoms with Crippen LogP contribution in [0.15, 0.2) is 18.2 Å². The fourth-order valence-electron chi connectivity index (χ4n) is 2.69. The number of hydrogen-bond acceptors (Lipinski definition) is 2. The van der Waals surface area contributed by atoms with Crippen molar-refractivity contribution in [2.75, 3.05) is 19.6 Å². The summed E-state index contributed by atoms with van der Waals surface area (Å²) >= 11 is 6.02. The third kappa shape index (κ3) is 4.42. The molecule has 1 unspecified atom stereocenters. The second-order valence-corrected chi connectivity index (χ2v) is 6.43. The summed E-state index contributed by atoms with van der Waals surface area (Å²) in [7, 11) is 0. The van der Waals surface area contributed by atoms with Crippen molar-refractivity contribution >= 4 is 17.5 Å². The van der Waals surface area contributed by atoms with Gasteiger partial charge >= 0.3 is 0 Å². The van der Waals surface area contributed by atoms with Crippen LogP contribution in [0.25, 0.3) is 0 Å². The summed E-state index contributed by atoms with van der Waals surface area (Å²) in [5, 5.41) is 3.58. The van der Waals surface area contributed by atoms with E-state index < -0.39 is 5.82 Å². The summed E-state index contributed by atoms with van der Waals surface area (Å²) in [6.07, 6.45) is 2.23. The maximum absolute atomic E-state index is 13.1. The zero-order valence-corrected chi connectivity index (χ0v) is 13.3. The number of nitrogens with zero attached hydrogens (tertiary/aromatic N) is 1. The Morgan fingerprint density at radius 2 is 2.29 bits per heavy atom. The molecule has 5 heteroatoms. The number of rotatable bonds is 5. The number of carbonyl (C=O) groups excluding carboxylic acids is 1. The van der Waals surface area contributed by atoms with E-state index in [0.717, 1.165) is 19.4 Å². The van der Waals surface area contributed by atoms with Crippen molar-refractivity contribution in [3.05, 3.63) is 34.6 Å². The van der Waals surface area contributed by atoms with Gasteiger partial charge in [0.15, 0.2) is 0 Å². The molecule has 1 fully saturated rings. The van der Waals surface area contributed by atoms with E-state index in [1.165, 1.54) is 18.2 Å². The minimum Gasteiger partial charge on any atom is -0.337 e. The Labute approximate surface area is 130 Å². The predicted octanol–water partition coefficient (Wildman–Crippen LogP) is 3.33. The minimum absolute atomic E-state index is 0.123. The van der Waals surface area contributed by atoms with E-state index in [0.29, 0.717) is 30.6 Å². The topological polar surface area (TPSA) is 32.3 Å². The van der Waals surface area contributed by atoms with E-state index in [1.54, 1.807) is 0 Å². The molecule has 1 amide bonds. The molecule has 0 spiro atoms. The number of benzene rings is 1. The van der Waals surface area contributed by atoms with Crippen LogP contribution in [0.2, 0.25) is 5.02 Å². The predicted molar refractivity (Wildman–Crippen MR) is 83.2 cm³/mol. The van der Waals surface area contributed by atoms with Crippen LogP contribution in [0.4, 0.5) is 4.39 Å². The molecule has 2 rings (SSSR count). The molecule has 116 valence electrons. The van der Waals surface area contributed by atoms with Gasteiger partial charge in [-0.2, -0.15) is 0 Å². The van der Waals surface area contributed by atoms with E-state index in [2.05, 4.69) is 19.2 Å². The van der Waals surface area contributed by atoms with Gasteiger partial charge in [-0.25, -0.2) is 4.39 Å². The quantitative estimate of drug-likeness (QED) is 0.904. The highest BCUT2D eigenvalue weighted by atomic mass is 35.5. The van der Waals surface area contributed by atoms with Crippen LogP contribution in [0.1, 0.15) is 37.0 Å². The lowest BCUT2D eigenvalue weighted by Gasteiger charge is -2.28. The van der Waals surface area contributed by atoms with Gasteiger partial charge in [0, 0.05) is 19.1 Å². The van der Waals surface area contributed by atoms with Crippen LogP contribution in [-0.4, -0.2) is 36.5 Å². The lowest BCUT2D eigenvalue weighted by molar-refractivity contribution is 0.0721. The first-order chi connectivity index (χ1) is 9.97. The molecule has 1 heterocycles. The van der Waals surface area contributed by atoms with Gasteiger partial charge in [-0.1, -0.05) is 25.4 Å². The van der Waals surface area contributed by atoms with Gasteiger partial charge in [0.2, 0.25) is 0 Å². The molecule has 0 aromatic heterocycles. The van der Waals surface area contributed by atoms with Crippen LogP contribution >= 0.6 is 11.6 Å². The maximum Gasteiger partial charge on any atom is 0.255 e. The zero-order chi connectivity index (χ0) is 15.4. The van der Waals surface area contributed by atoms with E-state index in [9.17, 15) is 9.18 Å². The van der Waals surface area contributed by atoms with Gasteiger partial charge in [0.25, 0.3) is 5.91 Å². The molecule has 1 atom stereocenters. The first-order valence-corrected chi connectivity index (χ1v) is 7.83. The van der Waals surface area contributed by atoms with Crippen molar-refractivity contribution in [2.45, 2.75) is 32.7 Å². The second kappa shape index (κ2) is 7.23. The van der Waals surface area contributed by atoms with Crippen molar-refractivity contribution in [1.82, 2.24) is 10.2 Å². The second-order valence-electron chi connectivity index (χ2n) is 6.02. The number of hydrogen-bond donors (Lipinski definition) is 1. The minimum atomic E-state index is -0.426. The summed E-state index contributed by atoms with van der Waals surface area (Å²) in [6.45, 7) is 6.50. The Morgan fingerprint density at radius 1 is 1.52 bits per heavy atom. The standard InChI is InChI=1S/C16H22ClFN2O/c1-11(2)9-20(10-13-4-3-7-19-13)16(21)14-6-5-12(18)8-15(14)17/h5-6,8,11,13,19H,3-4,7,9-10H2,1-2H3. The first kappa shape index (κ1) is 16.2. The maximum atomic E-state index is 13.1. The fourth-order valence-corrected chi connectivity index (χ4v) is 2.94. The molecule has 0 bridgehead atoms. The molecule has 1 aliphatic rings. The molecule has 3 nitrogen and oxygen atoms in total. The van der Waals surface area contributed by atoms with Crippen molar-refractivity contribution in [3.8, 4) is 0 Å². The van der Waals surface area contributed by atoms with Gasteiger partial charge < -0.3 is 10.2 Å². The monoisotopic (exact) mass is 312 g/mol. The lowest BCUT2D eigenvalue weighted by Crippen LogP contribution is -2.43. The first-order valence-electron chi connectivity index (χ1n) is 7.45. The van der Waals surface area contributed by atoms with E-state index in [4.69, 9.17) is 11.6 Å². The smallest absolute Gasteiger partial charge is 0.255 e. The van der Waals surface area contributed by atoms with Crippen LogP contribution in [0, 0.1) is 11.7 Å². The molecule has 1 aliphatic heterocycles. The molecule has 1 aromatic rings. The summed E-state index contributed by atoms with van der Waals surface area (Å²) < 4.78 is 13.1. The van der Waals surface area contributed by atoms with Gasteiger partial charge in [-0.3, -0.25) is 4.79 Å². The summed E-state index contributed by atoms with van der Waals surface area (Å²) in [4.78, 5) is 14.5. The Bertz CT molecular complexity index is 501. The van der Waals surface area contributed by atoms with Crippen LogP contribution in [0.3, 0.4) is 0 Å². The third-order valence-electron chi connectivity index (χ3n) is 3.64. The van der Waals surface area contributed by atoms with Gasteiger partial charge in [0.1, 0.15) is 5.82 Å². The highest BCUT2D eigenvalue weighted by Gasteiger charge is 2.24. The third-order valence-corrected chi connectivity index (χ3v) is 3.95. The van der Waals surface area contributed by atoms with Crippen LogP contribution in [0.5, 0.6) is 0 Å². The van der Waals surface area contributed by atoms with E-state index >= 15 is 0 Å². The van der Waals surface area contributed by atoms with E-state index in [1.807, 2.05) is 4.90 Å². The molecule has 1 N–H and O–H groups in total. The molecule has 0 radical (unpaired) electrons. The average molecular weight is 313 g/mol. The molecule has 21 heavy (non-hydrogen) atoms. The molecule has 0 saturated carbocycles. The van der Waals surface area contributed by atoms with Gasteiger partial charge in [-0.15, -0.1) is 0 Å². The Morgan fingerprint density at radius 3 is 2.86 bits per heavy atom. The fraction of sp³-hybridized carbons (Fsp3) is 0.562. The number of nitrogens with one attached hydrogen (secondary N) is 1. The Balaban J connectivity index is 2.15. The lowest BCUT2D eigenvalue weighted by atomic mass is 10.1. The molecule has 1 saturated heterocycles. The summed E-state index contributed by atoms with van der Waals surface area (Å²) in [6, 6.07) is 4.28. The van der Waals surface area contributed by atoms with Crippen molar-refractivity contribution < 1.29 is 9.18 Å². The van der Waals surface area contributed by atoms with Crippen molar-refractivity contribution in [3.63, 3.8) is 0 Å². The summed E-state index contributed by atoms with van der Waals surface area (Å²) in [5.74, 6) is -0.179. The van der Waals surface area contributed by atoms with Gasteiger partial charge in [0.05, 0.1) is 10.6 Å². The average Bonchev–Trinajstić information content (AvgIpc) is 2.89. The number of carbonyl (C=O) groups is 1. The van der Waals surface area contributed by atoms with Crippen LogP contribution in [-0.2, 0) is 0 Å². The summed E-state index contributed by atoms with van der Waals surface area (Å²) in [5.41, 5.74) is 0.372. The normalized spacial score (nSPS) is 18.2. The Kier molecular flexibility index (Phi) is 5.59. The largest absolute Gasteiger partial charge is 0.337 e. The zero-order valence-electron chi connectivity index (χ0n) is 12.5. The van der Waals surface area contributed by atoms with E-state index in [-0.39, 0.29) is 10.9 Å². The SMILES string of the molecule is CC(C)CN(CC1CCCN1)C(=O)c1ccc(F)cc1Cl. The molecule has 0 aliphatic carbocycles. The molecular formula is C16H22ClFN2O. The number of amides is 1. The number of halogens is 2.